The number of aryl methyl sites for hydroxylation is 2. The molecule has 2 amide bonds. The average molecular weight is 489 g/mol. The van der Waals surface area contributed by atoms with Crippen LogP contribution in [-0.4, -0.2) is 35.3 Å². The number of nitrogens with zero attached hydrogens (tertiary/aromatic N) is 1. The maximum atomic E-state index is 13.8. The molecule has 0 unspecified atom stereocenters. The normalized spacial score (nSPS) is 19.1. The van der Waals surface area contributed by atoms with Crippen LogP contribution in [0.5, 0.6) is 0 Å². The molecule has 7 heteroatoms. The molecule has 35 heavy (non-hydrogen) atoms. The SMILES string of the molecule is Cc1ccc(C)c(CN2C(=O)c3ccccc3[S@@](=O)c3ccc(C(=O)NC[C@H]4CCCO4)cc32)c1. The van der Waals surface area contributed by atoms with Gasteiger partial charge in [-0.3, -0.25) is 9.59 Å². The van der Waals surface area contributed by atoms with Crippen LogP contribution in [0.2, 0.25) is 0 Å². The van der Waals surface area contributed by atoms with Crippen LogP contribution in [0.3, 0.4) is 0 Å². The minimum Gasteiger partial charge on any atom is -0.376 e. The zero-order chi connectivity index (χ0) is 24.5. The minimum atomic E-state index is -1.56. The molecule has 0 radical (unpaired) electrons. The van der Waals surface area contributed by atoms with Crippen LogP contribution in [0.15, 0.2) is 70.5 Å². The van der Waals surface area contributed by atoms with Gasteiger partial charge >= 0.3 is 0 Å². The highest BCUT2D eigenvalue weighted by Crippen LogP contribution is 2.36. The summed E-state index contributed by atoms with van der Waals surface area (Å²) in [6, 6.07) is 18.2. The molecule has 2 aliphatic heterocycles. The van der Waals surface area contributed by atoms with Crippen LogP contribution < -0.4 is 10.2 Å². The maximum absolute atomic E-state index is 13.8. The van der Waals surface area contributed by atoms with Crippen molar-refractivity contribution in [2.24, 2.45) is 0 Å². The first-order valence-corrected chi connectivity index (χ1v) is 13.0. The third kappa shape index (κ3) is 4.66. The van der Waals surface area contributed by atoms with Crippen molar-refractivity contribution in [2.45, 2.75) is 49.1 Å². The summed E-state index contributed by atoms with van der Waals surface area (Å²) >= 11 is 0. The second-order valence-electron chi connectivity index (χ2n) is 9.11. The lowest BCUT2D eigenvalue weighted by Crippen LogP contribution is -2.33. The number of ether oxygens (including phenoxy) is 1. The molecule has 2 aliphatic rings. The zero-order valence-electron chi connectivity index (χ0n) is 19.9. The van der Waals surface area contributed by atoms with Crippen molar-refractivity contribution in [3.8, 4) is 0 Å². The summed E-state index contributed by atoms with van der Waals surface area (Å²) < 4.78 is 19.2. The van der Waals surface area contributed by atoms with E-state index in [0.29, 0.717) is 39.7 Å². The first-order chi connectivity index (χ1) is 16.9. The first-order valence-electron chi connectivity index (χ1n) is 11.8. The molecule has 180 valence electrons. The third-order valence-electron chi connectivity index (χ3n) is 6.62. The lowest BCUT2D eigenvalue weighted by Gasteiger charge is -2.24. The Morgan fingerprint density at radius 3 is 2.71 bits per heavy atom. The molecule has 0 saturated carbocycles. The van der Waals surface area contributed by atoms with Crippen molar-refractivity contribution in [1.29, 1.82) is 0 Å². The van der Waals surface area contributed by atoms with Crippen LogP contribution >= 0.6 is 0 Å². The van der Waals surface area contributed by atoms with Gasteiger partial charge in [0.25, 0.3) is 11.8 Å². The Bertz CT molecular complexity index is 1330. The predicted octanol–water partition coefficient (Wildman–Crippen LogP) is 4.54. The summed E-state index contributed by atoms with van der Waals surface area (Å²) in [6.07, 6.45) is 1.96. The number of carbonyl (C=O) groups is 2. The Morgan fingerprint density at radius 2 is 1.91 bits per heavy atom. The smallest absolute Gasteiger partial charge is 0.259 e. The number of amides is 2. The topological polar surface area (TPSA) is 75.7 Å². The van der Waals surface area contributed by atoms with E-state index in [1.165, 1.54) is 0 Å². The summed E-state index contributed by atoms with van der Waals surface area (Å²) in [5, 5.41) is 2.94. The zero-order valence-corrected chi connectivity index (χ0v) is 20.7. The molecule has 0 aliphatic carbocycles. The summed E-state index contributed by atoms with van der Waals surface area (Å²) in [4.78, 5) is 29.4. The fraction of sp³-hybridized carbons (Fsp3) is 0.286. The molecule has 5 rings (SSSR count). The van der Waals surface area contributed by atoms with Gasteiger partial charge < -0.3 is 15.0 Å². The Hall–Kier alpha value is -3.29. The van der Waals surface area contributed by atoms with E-state index in [1.54, 1.807) is 47.4 Å². The van der Waals surface area contributed by atoms with Gasteiger partial charge in [0, 0.05) is 18.7 Å². The third-order valence-corrected chi connectivity index (χ3v) is 8.12. The van der Waals surface area contributed by atoms with Crippen molar-refractivity contribution in [2.75, 3.05) is 18.1 Å². The highest BCUT2D eigenvalue weighted by atomic mass is 32.2. The van der Waals surface area contributed by atoms with Crippen molar-refractivity contribution in [1.82, 2.24) is 5.32 Å². The highest BCUT2D eigenvalue weighted by molar-refractivity contribution is 7.85. The van der Waals surface area contributed by atoms with E-state index < -0.39 is 10.8 Å². The molecule has 0 bridgehead atoms. The number of benzene rings is 3. The standard InChI is InChI=1S/C28H28N2O4S/c1-18-9-10-19(2)21(14-18)17-30-24-15-20(27(31)29-16-22-6-5-13-34-22)11-12-26(24)35(33)25-8-4-3-7-23(25)28(30)32/h3-4,7-12,14-15,22H,5-6,13,16-17H2,1-2H3,(H,29,31)/t22-,35-/m1/s1. The van der Waals surface area contributed by atoms with Gasteiger partial charge in [0.15, 0.2) is 0 Å². The molecule has 0 aromatic heterocycles. The molecule has 1 fully saturated rings. The fourth-order valence-corrected chi connectivity index (χ4v) is 5.96. The second-order valence-corrected chi connectivity index (χ2v) is 10.5. The van der Waals surface area contributed by atoms with Gasteiger partial charge in [-0.15, -0.1) is 0 Å². The molecule has 0 spiro atoms. The van der Waals surface area contributed by atoms with E-state index >= 15 is 0 Å². The molecule has 3 aromatic carbocycles. The van der Waals surface area contributed by atoms with Crippen molar-refractivity contribution < 1.29 is 18.5 Å². The Labute approximate surface area is 207 Å². The van der Waals surface area contributed by atoms with Gasteiger partial charge in [0.1, 0.15) is 0 Å². The number of carbonyl (C=O) groups excluding carboxylic acids is 2. The first kappa shape index (κ1) is 23.5. The fourth-order valence-electron chi connectivity index (χ4n) is 4.62. The Balaban J connectivity index is 1.56. The van der Waals surface area contributed by atoms with Crippen LogP contribution in [0.25, 0.3) is 0 Å². The lowest BCUT2D eigenvalue weighted by molar-refractivity contribution is 0.0857. The summed E-state index contributed by atoms with van der Waals surface area (Å²) in [5.74, 6) is -0.472. The van der Waals surface area contributed by atoms with E-state index in [9.17, 15) is 13.8 Å². The average Bonchev–Trinajstić information content (AvgIpc) is 3.38. The van der Waals surface area contributed by atoms with E-state index in [0.717, 1.165) is 36.1 Å². The van der Waals surface area contributed by atoms with Gasteiger partial charge in [0.05, 0.1) is 44.5 Å². The molecule has 2 heterocycles. The van der Waals surface area contributed by atoms with E-state index in [2.05, 4.69) is 11.4 Å². The van der Waals surface area contributed by atoms with Crippen molar-refractivity contribution in [3.63, 3.8) is 0 Å². The van der Waals surface area contributed by atoms with E-state index in [1.807, 2.05) is 26.0 Å². The predicted molar refractivity (Wildman–Crippen MR) is 135 cm³/mol. The molecule has 2 atom stereocenters. The van der Waals surface area contributed by atoms with E-state index in [4.69, 9.17) is 4.74 Å². The summed E-state index contributed by atoms with van der Waals surface area (Å²) in [7, 11) is -1.56. The maximum Gasteiger partial charge on any atom is 0.259 e. The van der Waals surface area contributed by atoms with E-state index in [-0.39, 0.29) is 17.9 Å². The minimum absolute atomic E-state index is 0.0316. The lowest BCUT2D eigenvalue weighted by atomic mass is 10.0. The van der Waals surface area contributed by atoms with Crippen molar-refractivity contribution >= 4 is 28.3 Å². The number of hydrogen-bond donors (Lipinski definition) is 1. The van der Waals surface area contributed by atoms with Gasteiger partial charge in [-0.25, -0.2) is 4.21 Å². The number of hydrogen-bond acceptors (Lipinski definition) is 4. The quantitative estimate of drug-likeness (QED) is 0.572. The van der Waals surface area contributed by atoms with Crippen LogP contribution in [-0.2, 0) is 22.1 Å². The highest BCUT2D eigenvalue weighted by Gasteiger charge is 2.32. The van der Waals surface area contributed by atoms with Gasteiger partial charge in [-0.2, -0.15) is 0 Å². The van der Waals surface area contributed by atoms with Gasteiger partial charge in [0.2, 0.25) is 0 Å². The molecule has 6 nitrogen and oxygen atoms in total. The number of fused-ring (bicyclic) bond motifs is 2. The Morgan fingerprint density at radius 1 is 1.09 bits per heavy atom. The van der Waals surface area contributed by atoms with Gasteiger partial charge in [-0.1, -0.05) is 35.9 Å². The van der Waals surface area contributed by atoms with Gasteiger partial charge in [-0.05, 0) is 68.1 Å². The molecular formula is C28H28N2O4S. The molecule has 1 N–H and O–H groups in total. The monoisotopic (exact) mass is 488 g/mol. The largest absolute Gasteiger partial charge is 0.376 e. The van der Waals surface area contributed by atoms with Crippen LogP contribution in [0.4, 0.5) is 5.69 Å². The molecule has 3 aromatic rings. The van der Waals surface area contributed by atoms with Crippen LogP contribution in [0.1, 0.15) is 50.2 Å². The molecule has 1 saturated heterocycles. The van der Waals surface area contributed by atoms with Crippen molar-refractivity contribution in [3.05, 3.63) is 88.5 Å². The summed E-state index contributed by atoms with van der Waals surface area (Å²) in [6.45, 7) is 5.51. The van der Waals surface area contributed by atoms with Crippen LogP contribution in [0, 0.1) is 13.8 Å². The summed E-state index contributed by atoms with van der Waals surface area (Å²) in [5.41, 5.74) is 4.49. The molecular weight excluding hydrogens is 460 g/mol. The second kappa shape index (κ2) is 9.76. The number of rotatable bonds is 5. The number of nitrogens with one attached hydrogen (secondary N) is 1. The Kier molecular flexibility index (Phi) is 6.54. The number of anilines is 1.